The molecule has 2 unspecified atom stereocenters. The third kappa shape index (κ3) is 3.52. The van der Waals surface area contributed by atoms with Crippen molar-refractivity contribution in [3.8, 4) is 0 Å². The summed E-state index contributed by atoms with van der Waals surface area (Å²) in [7, 11) is -3.55. The molecule has 1 saturated heterocycles. The van der Waals surface area contributed by atoms with Gasteiger partial charge in [-0.3, -0.25) is 0 Å². The van der Waals surface area contributed by atoms with Gasteiger partial charge in [0.2, 0.25) is 10.0 Å². The quantitative estimate of drug-likeness (QED) is 0.719. The third-order valence-electron chi connectivity index (χ3n) is 3.69. The van der Waals surface area contributed by atoms with Crippen LogP contribution in [0, 0.1) is 6.92 Å². The molecular weight excluding hydrogens is 422 g/mol. The molecule has 0 N–H and O–H groups in total. The number of hydrogen-bond acceptors (Lipinski definition) is 3. The van der Waals surface area contributed by atoms with Gasteiger partial charge >= 0.3 is 0 Å². The highest BCUT2D eigenvalue weighted by Crippen LogP contribution is 2.33. The maximum Gasteiger partial charge on any atom is 0.244 e. The summed E-state index contributed by atoms with van der Waals surface area (Å²) < 4.78 is 34.6. The molecular formula is C14H19Br2NO3S. The van der Waals surface area contributed by atoms with Crippen LogP contribution in [0.25, 0.3) is 0 Å². The van der Waals surface area contributed by atoms with E-state index < -0.39 is 10.0 Å². The predicted molar refractivity (Wildman–Crippen MR) is 90.0 cm³/mol. The predicted octanol–water partition coefficient (Wildman–Crippen LogP) is 3.71. The SMILES string of the molecule is CCC1COC(C)CN1S(=O)(=O)c1cc(Br)c(C)cc1Br. The molecule has 118 valence electrons. The van der Waals surface area contributed by atoms with Crippen molar-refractivity contribution >= 4 is 41.9 Å². The van der Waals surface area contributed by atoms with Crippen LogP contribution in [0.2, 0.25) is 0 Å². The van der Waals surface area contributed by atoms with Crippen molar-refractivity contribution in [1.82, 2.24) is 4.31 Å². The Morgan fingerprint density at radius 3 is 2.62 bits per heavy atom. The van der Waals surface area contributed by atoms with Crippen LogP contribution in [-0.4, -0.2) is 38.0 Å². The van der Waals surface area contributed by atoms with Crippen LogP contribution in [0.5, 0.6) is 0 Å². The minimum atomic E-state index is -3.55. The number of benzene rings is 1. The van der Waals surface area contributed by atoms with E-state index in [1.165, 1.54) is 0 Å². The lowest BCUT2D eigenvalue weighted by molar-refractivity contribution is -0.0230. The second-order valence-corrected chi connectivity index (χ2v) is 8.88. The fourth-order valence-electron chi connectivity index (χ4n) is 2.38. The monoisotopic (exact) mass is 439 g/mol. The zero-order valence-corrected chi connectivity index (χ0v) is 16.3. The van der Waals surface area contributed by atoms with Gasteiger partial charge in [0.1, 0.15) is 0 Å². The summed E-state index contributed by atoms with van der Waals surface area (Å²) >= 11 is 6.80. The van der Waals surface area contributed by atoms with Gasteiger partial charge < -0.3 is 4.74 Å². The Morgan fingerprint density at radius 2 is 2.00 bits per heavy atom. The van der Waals surface area contributed by atoms with Gasteiger partial charge in [-0.1, -0.05) is 22.9 Å². The normalized spacial score (nSPS) is 24.2. The fraction of sp³-hybridized carbons (Fsp3) is 0.571. The molecule has 2 atom stereocenters. The molecule has 0 aromatic heterocycles. The number of sulfonamides is 1. The molecule has 1 heterocycles. The van der Waals surface area contributed by atoms with E-state index in [1.54, 1.807) is 10.4 Å². The standard InChI is InChI=1S/C14H19Br2NO3S/c1-4-11-8-20-10(3)7-17(11)21(18,19)14-6-12(15)9(2)5-13(14)16/h5-6,10-11H,4,7-8H2,1-3H3. The minimum Gasteiger partial charge on any atom is -0.375 e. The van der Waals surface area contributed by atoms with Crippen LogP contribution >= 0.6 is 31.9 Å². The average molecular weight is 441 g/mol. The van der Waals surface area contributed by atoms with Crippen molar-refractivity contribution in [3.05, 3.63) is 26.6 Å². The molecule has 1 aromatic carbocycles. The summed E-state index contributed by atoms with van der Waals surface area (Å²) in [5, 5.41) is 0. The van der Waals surface area contributed by atoms with Crippen molar-refractivity contribution < 1.29 is 13.2 Å². The number of halogens is 2. The van der Waals surface area contributed by atoms with Crippen molar-refractivity contribution in [1.29, 1.82) is 0 Å². The van der Waals surface area contributed by atoms with E-state index in [0.717, 1.165) is 16.5 Å². The van der Waals surface area contributed by atoms with E-state index in [0.29, 0.717) is 22.5 Å². The van der Waals surface area contributed by atoms with E-state index in [-0.39, 0.29) is 12.1 Å². The maximum atomic E-state index is 13.0. The highest BCUT2D eigenvalue weighted by Gasteiger charge is 2.36. The van der Waals surface area contributed by atoms with Gasteiger partial charge in [-0.2, -0.15) is 4.31 Å². The molecule has 7 heteroatoms. The molecule has 1 aliphatic heterocycles. The zero-order valence-electron chi connectivity index (χ0n) is 12.3. The van der Waals surface area contributed by atoms with Gasteiger partial charge in [0.25, 0.3) is 0 Å². The van der Waals surface area contributed by atoms with Crippen LogP contribution in [0.3, 0.4) is 0 Å². The lowest BCUT2D eigenvalue weighted by Crippen LogP contribution is -2.51. The van der Waals surface area contributed by atoms with Gasteiger partial charge in [-0.05, 0) is 53.9 Å². The second-order valence-electron chi connectivity index (χ2n) is 5.31. The number of aryl methyl sites for hydroxylation is 1. The van der Waals surface area contributed by atoms with Crippen LogP contribution in [0.4, 0.5) is 0 Å². The van der Waals surface area contributed by atoms with Crippen molar-refractivity contribution in [2.75, 3.05) is 13.2 Å². The maximum absolute atomic E-state index is 13.0. The van der Waals surface area contributed by atoms with E-state index >= 15 is 0 Å². The number of rotatable bonds is 3. The first kappa shape index (κ1) is 17.4. The molecule has 0 aliphatic carbocycles. The Kier molecular flexibility index (Phi) is 5.52. The summed E-state index contributed by atoms with van der Waals surface area (Å²) in [4.78, 5) is 0.299. The Bertz CT molecular complexity index is 633. The fourth-order valence-corrected chi connectivity index (χ4v) is 5.78. The third-order valence-corrected chi connectivity index (χ3v) is 7.42. The lowest BCUT2D eigenvalue weighted by atomic mass is 10.2. The largest absolute Gasteiger partial charge is 0.375 e. The van der Waals surface area contributed by atoms with Crippen molar-refractivity contribution in [3.63, 3.8) is 0 Å². The van der Waals surface area contributed by atoms with Crippen molar-refractivity contribution in [2.24, 2.45) is 0 Å². The first-order valence-electron chi connectivity index (χ1n) is 6.86. The molecule has 0 bridgehead atoms. The summed E-state index contributed by atoms with van der Waals surface area (Å²) in [6, 6.07) is 3.38. The number of morpholine rings is 1. The zero-order chi connectivity index (χ0) is 15.8. The molecule has 0 spiro atoms. The molecule has 21 heavy (non-hydrogen) atoms. The lowest BCUT2D eigenvalue weighted by Gasteiger charge is -2.37. The Labute approximate surface area is 143 Å². The van der Waals surface area contributed by atoms with Crippen LogP contribution in [0.1, 0.15) is 25.8 Å². The van der Waals surface area contributed by atoms with Gasteiger partial charge in [0, 0.05) is 21.5 Å². The molecule has 1 aromatic rings. The molecule has 4 nitrogen and oxygen atoms in total. The van der Waals surface area contributed by atoms with Gasteiger partial charge in [0.05, 0.1) is 17.6 Å². The Hall–Kier alpha value is 0.0500. The van der Waals surface area contributed by atoms with E-state index in [2.05, 4.69) is 31.9 Å². The first-order chi connectivity index (χ1) is 9.77. The second kappa shape index (κ2) is 6.66. The number of hydrogen-bond donors (Lipinski definition) is 0. The van der Waals surface area contributed by atoms with E-state index in [4.69, 9.17) is 4.74 Å². The number of ether oxygens (including phenoxy) is 1. The number of nitrogens with zero attached hydrogens (tertiary/aromatic N) is 1. The molecule has 1 fully saturated rings. The topological polar surface area (TPSA) is 46.6 Å². The molecule has 2 rings (SSSR count). The van der Waals surface area contributed by atoms with E-state index in [1.807, 2.05) is 26.8 Å². The van der Waals surface area contributed by atoms with Crippen molar-refractivity contribution in [2.45, 2.75) is 44.2 Å². The smallest absolute Gasteiger partial charge is 0.244 e. The van der Waals surface area contributed by atoms with E-state index in [9.17, 15) is 8.42 Å². The summed E-state index contributed by atoms with van der Waals surface area (Å²) in [5.41, 5.74) is 0.989. The van der Waals surface area contributed by atoms with Gasteiger partial charge in [-0.25, -0.2) is 8.42 Å². The minimum absolute atomic E-state index is 0.0877. The summed E-state index contributed by atoms with van der Waals surface area (Å²) in [6.07, 6.45) is 0.645. The molecule has 0 saturated carbocycles. The Morgan fingerprint density at radius 1 is 1.33 bits per heavy atom. The highest BCUT2D eigenvalue weighted by molar-refractivity contribution is 9.11. The molecule has 0 radical (unpaired) electrons. The van der Waals surface area contributed by atoms with Crippen LogP contribution in [-0.2, 0) is 14.8 Å². The van der Waals surface area contributed by atoms with Crippen LogP contribution in [0.15, 0.2) is 26.0 Å². The van der Waals surface area contributed by atoms with Gasteiger partial charge in [-0.15, -0.1) is 0 Å². The molecule has 0 amide bonds. The first-order valence-corrected chi connectivity index (χ1v) is 9.89. The van der Waals surface area contributed by atoms with Crippen LogP contribution < -0.4 is 0 Å². The highest BCUT2D eigenvalue weighted by atomic mass is 79.9. The molecule has 1 aliphatic rings. The van der Waals surface area contributed by atoms with Gasteiger partial charge in [0.15, 0.2) is 0 Å². The Balaban J connectivity index is 2.47. The average Bonchev–Trinajstić information content (AvgIpc) is 2.42. The summed E-state index contributed by atoms with van der Waals surface area (Å²) in [6.45, 7) is 6.64. The summed E-state index contributed by atoms with van der Waals surface area (Å²) in [5.74, 6) is 0.